The average Bonchev–Trinajstić information content (AvgIpc) is 2.80. The summed E-state index contributed by atoms with van der Waals surface area (Å²) in [6, 6.07) is 0. The van der Waals surface area contributed by atoms with Gasteiger partial charge in [0, 0.05) is 5.54 Å². The molecule has 1 aliphatic rings. The van der Waals surface area contributed by atoms with Crippen LogP contribution in [0.25, 0.3) is 0 Å². The van der Waals surface area contributed by atoms with E-state index >= 15 is 0 Å². The first-order valence-electron chi connectivity index (χ1n) is 7.63. The molecule has 1 saturated heterocycles. The Kier molecular flexibility index (Phi) is 4.94. The van der Waals surface area contributed by atoms with Gasteiger partial charge in [0.1, 0.15) is 4.88 Å². The molecule has 1 fully saturated rings. The van der Waals surface area contributed by atoms with Crippen LogP contribution in [0.1, 0.15) is 61.7 Å². The number of carbonyl (C=O) groups is 1. The molecule has 118 valence electrons. The van der Waals surface area contributed by atoms with Gasteiger partial charge in [-0.15, -0.1) is 11.3 Å². The SMILES string of the molecule is CCOC(=O)c1scc(C2CCN(C(C)(C)C)CC2)c1N. The molecule has 1 aliphatic heterocycles. The molecule has 0 atom stereocenters. The Morgan fingerprint density at radius 3 is 2.57 bits per heavy atom. The highest BCUT2D eigenvalue weighted by atomic mass is 32.1. The normalized spacial score (nSPS) is 17.9. The number of anilines is 1. The van der Waals surface area contributed by atoms with Gasteiger partial charge in [0.2, 0.25) is 0 Å². The number of carbonyl (C=O) groups excluding carboxylic acids is 1. The molecule has 0 saturated carbocycles. The summed E-state index contributed by atoms with van der Waals surface area (Å²) in [7, 11) is 0. The molecule has 0 aliphatic carbocycles. The number of hydrogen-bond acceptors (Lipinski definition) is 5. The van der Waals surface area contributed by atoms with Crippen molar-refractivity contribution in [3.63, 3.8) is 0 Å². The fourth-order valence-corrected chi connectivity index (χ4v) is 3.88. The van der Waals surface area contributed by atoms with Crippen LogP contribution in [0.5, 0.6) is 0 Å². The standard InChI is InChI=1S/C16H26N2O2S/c1-5-20-15(19)14-13(17)12(10-21-14)11-6-8-18(9-7-11)16(2,3)4/h10-11H,5-9,17H2,1-4H3. The highest BCUT2D eigenvalue weighted by Crippen LogP contribution is 2.38. The summed E-state index contributed by atoms with van der Waals surface area (Å²) in [6.07, 6.45) is 2.20. The second-order valence-electron chi connectivity index (χ2n) is 6.59. The molecule has 1 aromatic heterocycles. The lowest BCUT2D eigenvalue weighted by Crippen LogP contribution is -2.45. The monoisotopic (exact) mass is 310 g/mol. The van der Waals surface area contributed by atoms with E-state index in [4.69, 9.17) is 10.5 Å². The van der Waals surface area contributed by atoms with E-state index in [2.05, 4.69) is 25.7 Å². The predicted octanol–water partition coefficient (Wildman–Crippen LogP) is 3.48. The Morgan fingerprint density at radius 2 is 2.05 bits per heavy atom. The van der Waals surface area contributed by atoms with E-state index in [-0.39, 0.29) is 11.5 Å². The summed E-state index contributed by atoms with van der Waals surface area (Å²) in [5.74, 6) is 0.168. The zero-order valence-electron chi connectivity index (χ0n) is 13.4. The van der Waals surface area contributed by atoms with Crippen LogP contribution in [0, 0.1) is 0 Å². The van der Waals surface area contributed by atoms with Crippen LogP contribution >= 0.6 is 11.3 Å². The van der Waals surface area contributed by atoms with E-state index in [9.17, 15) is 4.79 Å². The number of thiophene rings is 1. The van der Waals surface area contributed by atoms with Crippen molar-refractivity contribution < 1.29 is 9.53 Å². The minimum absolute atomic E-state index is 0.223. The third-order valence-electron chi connectivity index (χ3n) is 4.20. The lowest BCUT2D eigenvalue weighted by atomic mass is 9.88. The Hall–Kier alpha value is -1.07. The van der Waals surface area contributed by atoms with Gasteiger partial charge in [-0.2, -0.15) is 0 Å². The van der Waals surface area contributed by atoms with Gasteiger partial charge in [-0.25, -0.2) is 4.79 Å². The molecule has 0 radical (unpaired) electrons. The molecule has 1 aromatic rings. The molecule has 0 bridgehead atoms. The quantitative estimate of drug-likeness (QED) is 0.868. The van der Waals surface area contributed by atoms with Crippen molar-refractivity contribution in [2.24, 2.45) is 0 Å². The van der Waals surface area contributed by atoms with Crippen LogP contribution in [0.4, 0.5) is 5.69 Å². The largest absolute Gasteiger partial charge is 0.462 e. The van der Waals surface area contributed by atoms with E-state index in [0.717, 1.165) is 31.5 Å². The summed E-state index contributed by atoms with van der Waals surface area (Å²) in [5.41, 5.74) is 8.17. The lowest BCUT2D eigenvalue weighted by Gasteiger charge is -2.41. The zero-order valence-corrected chi connectivity index (χ0v) is 14.3. The minimum atomic E-state index is -0.293. The second-order valence-corrected chi connectivity index (χ2v) is 7.47. The number of hydrogen-bond donors (Lipinski definition) is 1. The first-order valence-corrected chi connectivity index (χ1v) is 8.51. The Morgan fingerprint density at radius 1 is 1.43 bits per heavy atom. The number of likely N-dealkylation sites (tertiary alicyclic amines) is 1. The molecule has 0 spiro atoms. The van der Waals surface area contributed by atoms with Crippen LogP contribution < -0.4 is 5.73 Å². The van der Waals surface area contributed by atoms with Gasteiger partial charge in [-0.1, -0.05) is 0 Å². The fourth-order valence-electron chi connectivity index (χ4n) is 2.91. The van der Waals surface area contributed by atoms with Gasteiger partial charge >= 0.3 is 5.97 Å². The van der Waals surface area contributed by atoms with E-state index in [1.807, 2.05) is 12.3 Å². The molecule has 2 N–H and O–H groups in total. The summed E-state index contributed by atoms with van der Waals surface area (Å²) < 4.78 is 5.05. The second kappa shape index (κ2) is 6.36. The molecule has 2 rings (SSSR count). The summed E-state index contributed by atoms with van der Waals surface area (Å²) >= 11 is 1.41. The van der Waals surface area contributed by atoms with E-state index < -0.39 is 0 Å². The lowest BCUT2D eigenvalue weighted by molar-refractivity contribution is 0.0533. The van der Waals surface area contributed by atoms with E-state index in [1.54, 1.807) is 0 Å². The number of piperidine rings is 1. The van der Waals surface area contributed by atoms with Crippen LogP contribution in [0.3, 0.4) is 0 Å². The van der Waals surface area contributed by atoms with Crippen molar-refractivity contribution in [1.82, 2.24) is 4.90 Å². The number of ether oxygens (including phenoxy) is 1. The molecule has 4 nitrogen and oxygen atoms in total. The van der Waals surface area contributed by atoms with Crippen molar-refractivity contribution in [1.29, 1.82) is 0 Å². The van der Waals surface area contributed by atoms with Crippen LogP contribution in [-0.2, 0) is 4.74 Å². The molecule has 5 heteroatoms. The first kappa shape index (κ1) is 16.3. The third-order valence-corrected chi connectivity index (χ3v) is 5.20. The van der Waals surface area contributed by atoms with Gasteiger partial charge in [0.05, 0.1) is 12.3 Å². The predicted molar refractivity (Wildman–Crippen MR) is 88.0 cm³/mol. The first-order chi connectivity index (χ1) is 9.84. The molecule has 0 aromatic carbocycles. The van der Waals surface area contributed by atoms with Gasteiger partial charge in [0.25, 0.3) is 0 Å². The highest BCUT2D eigenvalue weighted by molar-refractivity contribution is 7.12. The molecule has 2 heterocycles. The summed E-state index contributed by atoms with van der Waals surface area (Å²) in [4.78, 5) is 14.9. The molecule has 0 unspecified atom stereocenters. The van der Waals surface area contributed by atoms with Gasteiger partial charge < -0.3 is 10.5 Å². The van der Waals surface area contributed by atoms with Gasteiger partial charge in [0.15, 0.2) is 0 Å². The van der Waals surface area contributed by atoms with Crippen LogP contribution in [0.2, 0.25) is 0 Å². The molecular weight excluding hydrogens is 284 g/mol. The maximum absolute atomic E-state index is 11.8. The number of nitrogens with zero attached hydrogens (tertiary/aromatic N) is 1. The Bertz CT molecular complexity index is 497. The van der Waals surface area contributed by atoms with E-state index in [1.165, 1.54) is 11.3 Å². The van der Waals surface area contributed by atoms with Crippen LogP contribution in [-0.4, -0.2) is 36.1 Å². The number of rotatable bonds is 3. The third kappa shape index (κ3) is 3.58. The van der Waals surface area contributed by atoms with Crippen molar-refractivity contribution in [2.45, 2.75) is 52.0 Å². The maximum atomic E-state index is 11.8. The zero-order chi connectivity index (χ0) is 15.6. The smallest absolute Gasteiger partial charge is 0.350 e. The van der Waals surface area contributed by atoms with Gasteiger partial charge in [-0.3, -0.25) is 4.90 Å². The Balaban J connectivity index is 2.06. The van der Waals surface area contributed by atoms with Crippen molar-refractivity contribution in [3.05, 3.63) is 15.8 Å². The highest BCUT2D eigenvalue weighted by Gasteiger charge is 2.30. The van der Waals surface area contributed by atoms with Crippen molar-refractivity contribution >= 4 is 23.0 Å². The number of nitrogens with two attached hydrogens (primary N) is 1. The maximum Gasteiger partial charge on any atom is 0.350 e. The Labute approximate surface area is 131 Å². The van der Waals surface area contributed by atoms with Gasteiger partial charge in [-0.05, 0) is 70.5 Å². The molecule has 21 heavy (non-hydrogen) atoms. The molecular formula is C16H26N2O2S. The van der Waals surface area contributed by atoms with E-state index in [0.29, 0.717) is 23.1 Å². The fraction of sp³-hybridized carbons (Fsp3) is 0.688. The number of nitrogen functional groups attached to an aromatic ring is 1. The topological polar surface area (TPSA) is 55.6 Å². The van der Waals surface area contributed by atoms with Crippen LogP contribution in [0.15, 0.2) is 5.38 Å². The average molecular weight is 310 g/mol. The van der Waals surface area contributed by atoms with Crippen molar-refractivity contribution in [3.8, 4) is 0 Å². The summed E-state index contributed by atoms with van der Waals surface area (Å²) in [6.45, 7) is 11.1. The minimum Gasteiger partial charge on any atom is -0.462 e. The summed E-state index contributed by atoms with van der Waals surface area (Å²) in [5, 5.41) is 2.04. The molecule has 0 amide bonds. The number of esters is 1. The van der Waals surface area contributed by atoms with Crippen molar-refractivity contribution in [2.75, 3.05) is 25.4 Å².